The summed E-state index contributed by atoms with van der Waals surface area (Å²) in [5, 5.41) is 0. The maximum atomic E-state index is 13.8. The first-order chi connectivity index (χ1) is 27.6. The molecule has 6 heteroatoms. The molecule has 2 amide bonds. The molecule has 2 aromatic heterocycles. The van der Waals surface area contributed by atoms with Crippen LogP contribution in [0.3, 0.4) is 0 Å². The third kappa shape index (κ3) is 17.2. The molecule has 302 valence electrons. The summed E-state index contributed by atoms with van der Waals surface area (Å²) >= 11 is 0. The number of aryl methyl sites for hydroxylation is 2. The highest BCUT2D eigenvalue weighted by molar-refractivity contribution is 5.94. The Morgan fingerprint density at radius 2 is 0.732 bits per heavy atom. The van der Waals surface area contributed by atoms with Crippen LogP contribution in [0.4, 0.5) is 0 Å². The number of hydrogen-bond acceptors (Lipinski definition) is 2. The predicted octanol–water partition coefficient (Wildman–Crippen LogP) is 11.3. The molecule has 0 N–H and O–H groups in total. The second-order valence-corrected chi connectivity index (χ2v) is 15.7. The summed E-state index contributed by atoms with van der Waals surface area (Å²) < 4.78 is 4.42. The van der Waals surface area contributed by atoms with Gasteiger partial charge in [-0.25, -0.2) is 9.13 Å². The molecular weight excluding hydrogens is 689 g/mol. The van der Waals surface area contributed by atoms with Gasteiger partial charge in [-0.1, -0.05) is 152 Å². The molecule has 6 nitrogen and oxygen atoms in total. The summed E-state index contributed by atoms with van der Waals surface area (Å²) in [4.78, 5) is 31.6. The van der Waals surface area contributed by atoms with Crippen molar-refractivity contribution in [2.24, 2.45) is 0 Å². The molecule has 0 saturated carbocycles. The molecule has 56 heavy (non-hydrogen) atoms. The number of carbonyl (C=O) groups is 2. The van der Waals surface area contributed by atoms with Crippen LogP contribution in [-0.2, 0) is 26.2 Å². The largest absolute Gasteiger partial charge is 0.334 e. The van der Waals surface area contributed by atoms with E-state index in [1.165, 1.54) is 77.0 Å². The van der Waals surface area contributed by atoms with Crippen molar-refractivity contribution in [1.82, 2.24) is 9.80 Å². The van der Waals surface area contributed by atoms with Gasteiger partial charge in [0.2, 0.25) is 0 Å². The lowest BCUT2D eigenvalue weighted by atomic mass is 10.1. The van der Waals surface area contributed by atoms with E-state index in [9.17, 15) is 9.59 Å². The molecule has 0 saturated heterocycles. The molecule has 0 unspecified atom stereocenters. The third-order valence-electron chi connectivity index (χ3n) is 10.9. The fraction of sp³-hybridized carbons (Fsp3) is 0.520. The maximum Gasteiger partial charge on any atom is 0.254 e. The quantitative estimate of drug-likeness (QED) is 0.0409. The summed E-state index contributed by atoms with van der Waals surface area (Å²) in [6.07, 6.45) is 30.0. The zero-order chi connectivity index (χ0) is 39.5. The molecule has 0 bridgehead atoms. The van der Waals surface area contributed by atoms with Gasteiger partial charge >= 0.3 is 0 Å². The van der Waals surface area contributed by atoms with Gasteiger partial charge in [0.05, 0.1) is 11.1 Å². The lowest BCUT2D eigenvalue weighted by Crippen LogP contribution is -2.35. The average molecular weight is 761 g/mol. The van der Waals surface area contributed by atoms with Gasteiger partial charge in [-0.2, -0.15) is 0 Å². The molecule has 0 spiro atoms. The van der Waals surface area contributed by atoms with Gasteiger partial charge in [-0.15, -0.1) is 0 Å². The van der Waals surface area contributed by atoms with Crippen molar-refractivity contribution < 1.29 is 18.7 Å². The standard InChI is InChI=1S/C50H72N4O2/c1-3-5-7-9-13-23-35-51-39-31-47(32-40-51)49(55)53(43-45-27-19-17-20-28-45)37-25-15-11-12-16-26-38-54(44-46-29-21-18-22-30-46)50(56)48-33-41-52(42-34-48)36-24-14-10-8-6-4-2/h17-22,27-34,39-42H,3-16,23-26,35-38,43-44H2,1-2H3/q+2. The van der Waals surface area contributed by atoms with Crippen molar-refractivity contribution in [3.8, 4) is 0 Å². The summed E-state index contributed by atoms with van der Waals surface area (Å²) in [7, 11) is 0. The minimum atomic E-state index is 0.106. The number of pyridine rings is 2. The van der Waals surface area contributed by atoms with E-state index < -0.39 is 0 Å². The van der Waals surface area contributed by atoms with Crippen molar-refractivity contribution in [3.63, 3.8) is 0 Å². The van der Waals surface area contributed by atoms with Gasteiger partial charge in [-0.3, -0.25) is 9.59 Å². The van der Waals surface area contributed by atoms with Crippen LogP contribution in [0.25, 0.3) is 0 Å². The summed E-state index contributed by atoms with van der Waals surface area (Å²) in [5.74, 6) is 0.213. The van der Waals surface area contributed by atoms with Crippen molar-refractivity contribution >= 4 is 11.8 Å². The zero-order valence-electron chi connectivity index (χ0n) is 35.0. The molecule has 0 fully saturated rings. The van der Waals surface area contributed by atoms with E-state index >= 15 is 0 Å². The first kappa shape index (κ1) is 44.4. The van der Waals surface area contributed by atoms with Crippen molar-refractivity contribution in [1.29, 1.82) is 0 Å². The molecule has 4 rings (SSSR count). The first-order valence-corrected chi connectivity index (χ1v) is 22.2. The molecule has 0 atom stereocenters. The second kappa shape index (κ2) is 27.3. The van der Waals surface area contributed by atoms with Gasteiger partial charge in [0, 0.05) is 63.3 Å². The van der Waals surface area contributed by atoms with Crippen LogP contribution in [0, 0.1) is 0 Å². The molecular formula is C50H72N4O2+2. The number of carbonyl (C=O) groups excluding carboxylic acids is 2. The van der Waals surface area contributed by atoms with E-state index in [0.717, 1.165) is 87.0 Å². The normalized spacial score (nSPS) is 11.1. The second-order valence-electron chi connectivity index (χ2n) is 15.7. The van der Waals surface area contributed by atoms with Gasteiger partial charge in [-0.05, 0) is 36.8 Å². The Morgan fingerprint density at radius 3 is 1.09 bits per heavy atom. The monoisotopic (exact) mass is 761 g/mol. The van der Waals surface area contributed by atoms with Crippen LogP contribution in [-0.4, -0.2) is 34.7 Å². The van der Waals surface area contributed by atoms with E-state index in [1.807, 2.05) is 70.5 Å². The van der Waals surface area contributed by atoms with Crippen LogP contribution < -0.4 is 9.13 Å². The van der Waals surface area contributed by atoms with Gasteiger partial charge in [0.15, 0.2) is 24.8 Å². The van der Waals surface area contributed by atoms with Crippen LogP contribution in [0.5, 0.6) is 0 Å². The van der Waals surface area contributed by atoms with E-state index in [-0.39, 0.29) is 11.8 Å². The lowest BCUT2D eigenvalue weighted by Gasteiger charge is -2.23. The highest BCUT2D eigenvalue weighted by atomic mass is 16.2. The number of aromatic nitrogens is 2. The number of hydrogen-bond donors (Lipinski definition) is 0. The zero-order valence-corrected chi connectivity index (χ0v) is 35.0. The van der Waals surface area contributed by atoms with E-state index in [1.54, 1.807) is 0 Å². The third-order valence-corrected chi connectivity index (χ3v) is 10.9. The molecule has 0 aliphatic heterocycles. The van der Waals surface area contributed by atoms with Crippen LogP contribution in [0.1, 0.15) is 161 Å². The van der Waals surface area contributed by atoms with Crippen LogP contribution in [0.15, 0.2) is 110 Å². The number of benzene rings is 2. The smallest absolute Gasteiger partial charge is 0.254 e. The Kier molecular flexibility index (Phi) is 21.6. The van der Waals surface area contributed by atoms with Crippen molar-refractivity contribution in [3.05, 3.63) is 132 Å². The van der Waals surface area contributed by atoms with Gasteiger partial charge in [0.1, 0.15) is 13.1 Å². The van der Waals surface area contributed by atoms with Crippen LogP contribution in [0.2, 0.25) is 0 Å². The lowest BCUT2D eigenvalue weighted by molar-refractivity contribution is -0.697. The highest BCUT2D eigenvalue weighted by Gasteiger charge is 2.19. The number of unbranched alkanes of at least 4 members (excludes halogenated alkanes) is 15. The first-order valence-electron chi connectivity index (χ1n) is 22.2. The number of nitrogens with zero attached hydrogens (tertiary/aromatic N) is 4. The molecule has 2 aromatic carbocycles. The Bertz CT molecular complexity index is 1490. The Morgan fingerprint density at radius 1 is 0.411 bits per heavy atom. The van der Waals surface area contributed by atoms with E-state index in [2.05, 4.69) is 72.0 Å². The van der Waals surface area contributed by atoms with Gasteiger partial charge in [0.25, 0.3) is 11.8 Å². The van der Waals surface area contributed by atoms with Gasteiger partial charge < -0.3 is 9.80 Å². The molecule has 0 aliphatic rings. The number of rotatable bonds is 29. The molecule has 2 heterocycles. The summed E-state index contributed by atoms with van der Waals surface area (Å²) in [5.41, 5.74) is 3.84. The summed E-state index contributed by atoms with van der Waals surface area (Å²) in [6.45, 7) is 9.25. The minimum absolute atomic E-state index is 0.106. The topological polar surface area (TPSA) is 48.4 Å². The maximum absolute atomic E-state index is 13.8. The predicted molar refractivity (Wildman–Crippen MR) is 230 cm³/mol. The molecule has 0 aliphatic carbocycles. The van der Waals surface area contributed by atoms with E-state index in [0.29, 0.717) is 13.1 Å². The Balaban J connectivity index is 1.21. The molecule has 4 aromatic rings. The van der Waals surface area contributed by atoms with Crippen molar-refractivity contribution in [2.45, 2.75) is 156 Å². The van der Waals surface area contributed by atoms with Crippen molar-refractivity contribution in [2.75, 3.05) is 13.1 Å². The SMILES string of the molecule is CCCCCCCC[n+]1ccc(C(=O)N(CCCCCCCCN(Cc2ccccc2)C(=O)c2cc[n+](CCCCCCCC)cc2)Cc2ccccc2)cc1. The molecule has 0 radical (unpaired) electrons. The number of amides is 2. The Labute approximate surface area is 340 Å². The fourth-order valence-electron chi connectivity index (χ4n) is 7.44. The van der Waals surface area contributed by atoms with E-state index in [4.69, 9.17) is 0 Å². The minimum Gasteiger partial charge on any atom is -0.334 e. The summed E-state index contributed by atoms with van der Waals surface area (Å²) in [6, 6.07) is 28.7. The average Bonchev–Trinajstić information content (AvgIpc) is 3.24. The van der Waals surface area contributed by atoms with Crippen LogP contribution >= 0.6 is 0 Å². The Hall–Kier alpha value is -4.32. The highest BCUT2D eigenvalue weighted by Crippen LogP contribution is 2.16. The fourth-order valence-corrected chi connectivity index (χ4v) is 7.44.